The number of carbonyl (C=O) groups excluding carboxylic acids is 1. The largest absolute Gasteiger partial charge is 0.496 e. The second-order valence-corrected chi connectivity index (χ2v) is 8.77. The minimum absolute atomic E-state index is 0.0371. The molecule has 36 heavy (non-hydrogen) atoms. The zero-order valence-electron chi connectivity index (χ0n) is 20.8. The number of amides is 1. The minimum Gasteiger partial charge on any atom is -0.496 e. The molecule has 1 unspecified atom stereocenters. The lowest BCUT2D eigenvalue weighted by Crippen LogP contribution is -2.41. The first-order valence-corrected chi connectivity index (χ1v) is 11.9. The van der Waals surface area contributed by atoms with E-state index in [9.17, 15) is 9.59 Å². The van der Waals surface area contributed by atoms with E-state index in [0.717, 1.165) is 16.9 Å². The maximum absolute atomic E-state index is 13.7. The number of carbonyl (C=O) groups is 1. The number of hydrogen-bond donors (Lipinski definition) is 1. The van der Waals surface area contributed by atoms with Crippen LogP contribution >= 0.6 is 0 Å². The van der Waals surface area contributed by atoms with Crippen LogP contribution in [0.4, 0.5) is 0 Å². The summed E-state index contributed by atoms with van der Waals surface area (Å²) in [6.07, 6.45) is 3.89. The standard InChI is InChI=1S/C29H30N4O3/c1-20(16-23-12-7-8-14-26(23)36-3)33(19-22-10-5-4-6-11-22)27(34)17-25-21(2)31-28(32-29(25)35)24-13-9-15-30-18-24/h4-15,18,20H,16-17,19H2,1-3H3,(H,31,32,35). The Morgan fingerprint density at radius 2 is 1.81 bits per heavy atom. The molecule has 0 saturated heterocycles. The number of methoxy groups -OCH3 is 1. The van der Waals surface area contributed by atoms with E-state index in [2.05, 4.69) is 15.0 Å². The molecule has 2 heterocycles. The van der Waals surface area contributed by atoms with Crippen LogP contribution in [0.1, 0.15) is 29.3 Å². The van der Waals surface area contributed by atoms with Gasteiger partial charge in [-0.1, -0.05) is 48.5 Å². The summed E-state index contributed by atoms with van der Waals surface area (Å²) >= 11 is 0. The average Bonchev–Trinajstić information content (AvgIpc) is 2.90. The molecule has 1 atom stereocenters. The molecule has 0 radical (unpaired) electrons. The summed E-state index contributed by atoms with van der Waals surface area (Å²) in [4.78, 5) is 39.9. The molecule has 4 rings (SSSR count). The highest BCUT2D eigenvalue weighted by Gasteiger charge is 2.24. The van der Waals surface area contributed by atoms with E-state index < -0.39 is 0 Å². The summed E-state index contributed by atoms with van der Waals surface area (Å²) in [6.45, 7) is 4.22. The van der Waals surface area contributed by atoms with Gasteiger partial charge in [0.2, 0.25) is 5.91 Å². The summed E-state index contributed by atoms with van der Waals surface area (Å²) in [5.74, 6) is 1.09. The van der Waals surface area contributed by atoms with Gasteiger partial charge in [0.15, 0.2) is 0 Å². The molecule has 0 bridgehead atoms. The number of hydrogen-bond acceptors (Lipinski definition) is 5. The second-order valence-electron chi connectivity index (χ2n) is 8.77. The fourth-order valence-electron chi connectivity index (χ4n) is 4.28. The molecular weight excluding hydrogens is 452 g/mol. The zero-order chi connectivity index (χ0) is 25.5. The number of aromatic amines is 1. The Balaban J connectivity index is 1.61. The summed E-state index contributed by atoms with van der Waals surface area (Å²) in [7, 11) is 1.65. The predicted octanol–water partition coefficient (Wildman–Crippen LogP) is 4.35. The third-order valence-electron chi connectivity index (χ3n) is 6.24. The minimum atomic E-state index is -0.313. The molecule has 7 nitrogen and oxygen atoms in total. The molecule has 4 aromatic rings. The van der Waals surface area contributed by atoms with Crippen molar-refractivity contribution in [1.82, 2.24) is 19.9 Å². The van der Waals surface area contributed by atoms with Gasteiger partial charge in [-0.3, -0.25) is 14.6 Å². The van der Waals surface area contributed by atoms with Crippen molar-refractivity contribution in [1.29, 1.82) is 0 Å². The number of nitrogens with one attached hydrogen (secondary N) is 1. The van der Waals surface area contributed by atoms with Gasteiger partial charge in [0.25, 0.3) is 5.56 Å². The Bertz CT molecular complexity index is 1370. The van der Waals surface area contributed by atoms with Crippen LogP contribution in [0.25, 0.3) is 11.4 Å². The van der Waals surface area contributed by atoms with Crippen molar-refractivity contribution in [3.8, 4) is 17.1 Å². The van der Waals surface area contributed by atoms with Crippen molar-refractivity contribution in [3.63, 3.8) is 0 Å². The molecule has 184 valence electrons. The van der Waals surface area contributed by atoms with Crippen LogP contribution < -0.4 is 10.3 Å². The zero-order valence-corrected chi connectivity index (χ0v) is 20.8. The highest BCUT2D eigenvalue weighted by Crippen LogP contribution is 2.22. The van der Waals surface area contributed by atoms with Crippen molar-refractivity contribution >= 4 is 5.91 Å². The topological polar surface area (TPSA) is 88.2 Å². The van der Waals surface area contributed by atoms with Crippen molar-refractivity contribution in [2.45, 2.75) is 39.3 Å². The number of pyridine rings is 1. The molecule has 0 aliphatic heterocycles. The van der Waals surface area contributed by atoms with Gasteiger partial charge >= 0.3 is 0 Å². The smallest absolute Gasteiger partial charge is 0.255 e. The highest BCUT2D eigenvalue weighted by atomic mass is 16.5. The van der Waals surface area contributed by atoms with Crippen LogP contribution in [0.3, 0.4) is 0 Å². The Morgan fingerprint density at radius 1 is 1.06 bits per heavy atom. The summed E-state index contributed by atoms with van der Waals surface area (Å²) in [5.41, 5.74) is 3.35. The molecule has 0 saturated carbocycles. The Morgan fingerprint density at radius 3 is 2.50 bits per heavy atom. The van der Waals surface area contributed by atoms with E-state index in [1.165, 1.54) is 0 Å². The number of benzene rings is 2. The number of aryl methyl sites for hydroxylation is 1. The SMILES string of the molecule is COc1ccccc1CC(C)N(Cc1ccccc1)C(=O)Cc1c(C)nc(-c2cccnc2)[nH]c1=O. The van der Waals surface area contributed by atoms with Gasteiger partial charge < -0.3 is 14.6 Å². The number of para-hydroxylation sites is 1. The second kappa shape index (κ2) is 11.4. The fraction of sp³-hybridized carbons (Fsp3) is 0.241. The fourth-order valence-corrected chi connectivity index (χ4v) is 4.28. The molecule has 0 aliphatic rings. The van der Waals surface area contributed by atoms with Gasteiger partial charge in [-0.15, -0.1) is 0 Å². The van der Waals surface area contributed by atoms with E-state index in [-0.39, 0.29) is 23.9 Å². The third-order valence-corrected chi connectivity index (χ3v) is 6.24. The summed E-state index contributed by atoms with van der Waals surface area (Å²) in [6, 6.07) is 21.2. The molecule has 2 aromatic heterocycles. The van der Waals surface area contributed by atoms with Crippen LogP contribution in [-0.2, 0) is 24.2 Å². The lowest BCUT2D eigenvalue weighted by molar-refractivity contribution is -0.133. The van der Waals surface area contributed by atoms with Gasteiger partial charge in [-0.05, 0) is 49.6 Å². The van der Waals surface area contributed by atoms with E-state index in [4.69, 9.17) is 4.74 Å². The van der Waals surface area contributed by atoms with Gasteiger partial charge in [0.1, 0.15) is 11.6 Å². The lowest BCUT2D eigenvalue weighted by Gasteiger charge is -2.30. The Hall–Kier alpha value is -4.26. The highest BCUT2D eigenvalue weighted by molar-refractivity contribution is 5.79. The van der Waals surface area contributed by atoms with Gasteiger partial charge in [-0.2, -0.15) is 0 Å². The van der Waals surface area contributed by atoms with Crippen LogP contribution in [0.15, 0.2) is 83.9 Å². The van der Waals surface area contributed by atoms with E-state index >= 15 is 0 Å². The molecule has 1 N–H and O–H groups in total. The maximum atomic E-state index is 13.7. The molecule has 2 aromatic carbocycles. The normalized spacial score (nSPS) is 11.6. The molecular formula is C29H30N4O3. The summed E-state index contributed by atoms with van der Waals surface area (Å²) in [5, 5.41) is 0. The van der Waals surface area contributed by atoms with Crippen LogP contribution in [0, 0.1) is 6.92 Å². The first-order valence-electron chi connectivity index (χ1n) is 11.9. The van der Waals surface area contributed by atoms with Gasteiger partial charge in [0.05, 0.1) is 13.5 Å². The Labute approximate surface area is 210 Å². The number of aromatic nitrogens is 3. The summed E-state index contributed by atoms with van der Waals surface area (Å²) < 4.78 is 5.52. The molecule has 0 fully saturated rings. The van der Waals surface area contributed by atoms with E-state index in [0.29, 0.717) is 35.6 Å². The van der Waals surface area contributed by atoms with Crippen LogP contribution in [0.5, 0.6) is 5.75 Å². The lowest BCUT2D eigenvalue weighted by atomic mass is 10.0. The van der Waals surface area contributed by atoms with Gasteiger partial charge in [-0.25, -0.2) is 4.98 Å². The van der Waals surface area contributed by atoms with Crippen LogP contribution in [0.2, 0.25) is 0 Å². The molecule has 1 amide bonds. The average molecular weight is 483 g/mol. The number of rotatable bonds is 9. The Kier molecular flexibility index (Phi) is 7.90. The van der Waals surface area contributed by atoms with E-state index in [1.807, 2.05) is 72.5 Å². The van der Waals surface area contributed by atoms with Crippen LogP contribution in [-0.4, -0.2) is 38.9 Å². The van der Waals surface area contributed by atoms with Crippen molar-refractivity contribution in [3.05, 3.63) is 112 Å². The monoisotopic (exact) mass is 482 g/mol. The number of H-pyrrole nitrogens is 1. The van der Waals surface area contributed by atoms with Gasteiger partial charge in [0, 0.05) is 41.8 Å². The first-order chi connectivity index (χ1) is 17.5. The van der Waals surface area contributed by atoms with E-state index in [1.54, 1.807) is 32.5 Å². The first kappa shape index (κ1) is 24.9. The van der Waals surface area contributed by atoms with Crippen molar-refractivity contribution in [2.75, 3.05) is 7.11 Å². The number of ether oxygens (including phenoxy) is 1. The van der Waals surface area contributed by atoms with Crippen molar-refractivity contribution in [2.24, 2.45) is 0 Å². The third kappa shape index (κ3) is 5.86. The maximum Gasteiger partial charge on any atom is 0.255 e. The molecule has 0 spiro atoms. The predicted molar refractivity (Wildman–Crippen MR) is 140 cm³/mol. The molecule has 0 aliphatic carbocycles. The number of nitrogens with zero attached hydrogens (tertiary/aromatic N) is 3. The molecule has 7 heteroatoms. The van der Waals surface area contributed by atoms with Crippen molar-refractivity contribution < 1.29 is 9.53 Å². The quantitative estimate of drug-likeness (QED) is 0.383.